The van der Waals surface area contributed by atoms with Crippen LogP contribution in [0.2, 0.25) is 0 Å². The molecule has 0 spiro atoms. The maximum absolute atomic E-state index is 14.1. The fourth-order valence-corrected chi connectivity index (χ4v) is 2.42. The van der Waals surface area contributed by atoms with Gasteiger partial charge in [0.25, 0.3) is 0 Å². The average molecular weight is 398 g/mol. The highest BCUT2D eigenvalue weighted by Gasteiger charge is 2.88. The molecule has 0 bridgehead atoms. The van der Waals surface area contributed by atoms with Crippen LogP contribution in [0.25, 0.3) is 0 Å². The van der Waals surface area contributed by atoms with E-state index in [1.54, 1.807) is 0 Å². The van der Waals surface area contributed by atoms with E-state index in [0.29, 0.717) is 0 Å². The smallest absolute Gasteiger partial charge is 0.221 e. The fourth-order valence-electron chi connectivity index (χ4n) is 2.42. The number of rotatable bonds is 0. The Morgan fingerprint density at radius 3 is 1.40 bits per heavy atom. The largest absolute Gasteiger partial charge is 0.433 e. The van der Waals surface area contributed by atoms with Gasteiger partial charge in [-0.3, -0.25) is 0 Å². The van der Waals surface area contributed by atoms with E-state index >= 15 is 0 Å². The first-order chi connectivity index (χ1) is 10.8. The van der Waals surface area contributed by atoms with Crippen molar-refractivity contribution in [2.24, 2.45) is 0 Å². The van der Waals surface area contributed by atoms with Crippen molar-refractivity contribution in [2.75, 3.05) is 0 Å². The second-order valence-electron chi connectivity index (χ2n) is 4.87. The van der Waals surface area contributed by atoms with Crippen molar-refractivity contribution in [2.45, 2.75) is 29.9 Å². The van der Waals surface area contributed by atoms with Gasteiger partial charge in [-0.25, -0.2) is 17.6 Å². The van der Waals surface area contributed by atoms with Gasteiger partial charge < -0.3 is 0 Å². The molecule has 0 N–H and O–H groups in total. The van der Waals surface area contributed by atoms with Crippen molar-refractivity contribution in [3.63, 3.8) is 0 Å². The average Bonchev–Trinajstić information content (AvgIpc) is 2.51. The van der Waals surface area contributed by atoms with Gasteiger partial charge in [-0.2, -0.15) is 43.9 Å². The second kappa shape index (κ2) is 4.69. The van der Waals surface area contributed by atoms with Crippen LogP contribution in [0.3, 0.4) is 0 Å². The summed E-state index contributed by atoms with van der Waals surface area (Å²) in [6.45, 7) is 0. The zero-order valence-electron chi connectivity index (χ0n) is 10.8. The summed E-state index contributed by atoms with van der Waals surface area (Å²) in [7, 11) is 0. The number of halogens is 14. The summed E-state index contributed by atoms with van der Waals surface area (Å²) in [6, 6.07) is 0. The number of hydrogen-bond acceptors (Lipinski definition) is 0. The molecule has 0 fully saturated rings. The van der Waals surface area contributed by atoms with Crippen LogP contribution in [0.1, 0.15) is 16.7 Å². The monoisotopic (exact) mass is 398 g/mol. The van der Waals surface area contributed by atoms with Crippen LogP contribution in [-0.4, -0.2) is 12.1 Å². The molecular formula is C11F14. The summed E-state index contributed by atoms with van der Waals surface area (Å²) in [5.74, 6) is -24.1. The van der Waals surface area contributed by atoms with Gasteiger partial charge in [-0.15, -0.1) is 0 Å². The predicted molar refractivity (Wildman–Crippen MR) is 49.0 cm³/mol. The molecule has 1 atom stereocenters. The number of hydrogen-bond donors (Lipinski definition) is 0. The Labute approximate surface area is 127 Å². The summed E-state index contributed by atoms with van der Waals surface area (Å²) in [6.07, 6.45) is -13.7. The van der Waals surface area contributed by atoms with Crippen molar-refractivity contribution in [3.8, 4) is 0 Å². The zero-order chi connectivity index (χ0) is 20.0. The van der Waals surface area contributed by atoms with Crippen LogP contribution >= 0.6 is 0 Å². The van der Waals surface area contributed by atoms with Crippen LogP contribution in [0.5, 0.6) is 0 Å². The molecule has 1 aliphatic carbocycles. The van der Waals surface area contributed by atoms with Gasteiger partial charge in [0, 0.05) is 5.56 Å². The van der Waals surface area contributed by atoms with Crippen molar-refractivity contribution in [1.29, 1.82) is 0 Å². The first kappa shape index (κ1) is 19.6. The minimum absolute atomic E-state index is 3.41. The van der Waals surface area contributed by atoms with Crippen LogP contribution in [0.15, 0.2) is 0 Å². The summed E-state index contributed by atoms with van der Waals surface area (Å²) < 4.78 is 184. The molecule has 1 aromatic rings. The quantitative estimate of drug-likeness (QED) is 0.395. The van der Waals surface area contributed by atoms with E-state index in [4.69, 9.17) is 0 Å². The van der Waals surface area contributed by atoms with Crippen LogP contribution in [-0.2, 0) is 17.8 Å². The maximum Gasteiger partial charge on any atom is 0.433 e. The third-order valence-electron chi connectivity index (χ3n) is 3.48. The third kappa shape index (κ3) is 2.02. The van der Waals surface area contributed by atoms with Crippen molar-refractivity contribution in [3.05, 3.63) is 34.1 Å². The van der Waals surface area contributed by atoms with Gasteiger partial charge in [0.1, 0.15) is 5.56 Å². The van der Waals surface area contributed by atoms with Crippen LogP contribution in [0.4, 0.5) is 61.5 Å². The highest BCUT2D eigenvalue weighted by molar-refractivity contribution is 5.54. The SMILES string of the molecule is Fc1c(F)c(C(F)(F)F)c2c(c1F)C(F)(F)C(F)(F)C2(F)C(F)(F)F. The van der Waals surface area contributed by atoms with Gasteiger partial charge in [0.05, 0.1) is 5.56 Å². The molecule has 142 valence electrons. The second-order valence-corrected chi connectivity index (χ2v) is 4.87. The molecule has 0 radical (unpaired) electrons. The first-order valence-electron chi connectivity index (χ1n) is 5.65. The highest BCUT2D eigenvalue weighted by atomic mass is 19.4. The van der Waals surface area contributed by atoms with E-state index < -0.39 is 64.0 Å². The lowest BCUT2D eigenvalue weighted by Gasteiger charge is -2.32. The molecule has 0 aromatic heterocycles. The summed E-state index contributed by atoms with van der Waals surface area (Å²) in [5, 5.41) is 0. The van der Waals surface area contributed by atoms with E-state index in [1.807, 2.05) is 0 Å². The van der Waals surface area contributed by atoms with Crippen LogP contribution in [0, 0.1) is 17.5 Å². The Balaban J connectivity index is 3.23. The van der Waals surface area contributed by atoms with Gasteiger partial charge in [0.2, 0.25) is 0 Å². The Bertz CT molecular complexity index is 739. The van der Waals surface area contributed by atoms with Crippen LogP contribution < -0.4 is 0 Å². The normalized spacial score (nSPS) is 25.2. The Morgan fingerprint density at radius 2 is 1.04 bits per heavy atom. The summed E-state index contributed by atoms with van der Waals surface area (Å²) >= 11 is 0. The number of benzene rings is 1. The lowest BCUT2D eigenvalue weighted by atomic mass is 9.89. The summed E-state index contributed by atoms with van der Waals surface area (Å²) in [5.41, 5.74) is -17.9. The fraction of sp³-hybridized carbons (Fsp3) is 0.455. The lowest BCUT2D eigenvalue weighted by Crippen LogP contribution is -2.55. The molecule has 0 nitrogen and oxygen atoms in total. The van der Waals surface area contributed by atoms with Crippen molar-refractivity contribution in [1.82, 2.24) is 0 Å². The van der Waals surface area contributed by atoms with Gasteiger partial charge in [-0.05, 0) is 0 Å². The molecule has 0 amide bonds. The molecule has 2 rings (SSSR count). The lowest BCUT2D eigenvalue weighted by molar-refractivity contribution is -0.350. The molecule has 25 heavy (non-hydrogen) atoms. The minimum atomic E-state index is -7.16. The van der Waals surface area contributed by atoms with Crippen molar-refractivity contribution < 1.29 is 61.5 Å². The zero-order valence-corrected chi connectivity index (χ0v) is 10.8. The van der Waals surface area contributed by atoms with Gasteiger partial charge in [0.15, 0.2) is 17.5 Å². The predicted octanol–water partition coefficient (Wildman–Crippen LogP) is 5.59. The number of alkyl halides is 11. The molecule has 0 saturated heterocycles. The minimum Gasteiger partial charge on any atom is -0.221 e. The molecule has 0 saturated carbocycles. The van der Waals surface area contributed by atoms with Gasteiger partial charge >= 0.3 is 29.9 Å². The van der Waals surface area contributed by atoms with Crippen molar-refractivity contribution >= 4 is 0 Å². The van der Waals surface area contributed by atoms with E-state index in [2.05, 4.69) is 0 Å². The highest BCUT2D eigenvalue weighted by Crippen LogP contribution is 2.69. The molecular weight excluding hydrogens is 398 g/mol. The topological polar surface area (TPSA) is 0 Å². The Kier molecular flexibility index (Phi) is 3.67. The maximum atomic E-state index is 14.1. The molecule has 0 aliphatic heterocycles. The van der Waals surface area contributed by atoms with E-state index in [0.717, 1.165) is 0 Å². The molecule has 1 aliphatic rings. The molecule has 1 aromatic carbocycles. The Hall–Kier alpha value is -1.76. The first-order valence-corrected chi connectivity index (χ1v) is 5.65. The standard InChI is InChI=1S/C11F14/c12-4-2-1(3(9(18,19)20)5(13)6(4)14)7(15,11(23,24)25)10(21,22)8(2,16)17. The summed E-state index contributed by atoms with van der Waals surface area (Å²) in [4.78, 5) is 0. The molecule has 1 unspecified atom stereocenters. The van der Waals surface area contributed by atoms with Gasteiger partial charge in [-0.1, -0.05) is 0 Å². The number of fused-ring (bicyclic) bond motifs is 1. The molecule has 0 heterocycles. The third-order valence-corrected chi connectivity index (χ3v) is 3.48. The molecule has 14 heteroatoms. The Morgan fingerprint density at radius 1 is 0.600 bits per heavy atom. The van der Waals surface area contributed by atoms with E-state index in [1.165, 1.54) is 0 Å². The van der Waals surface area contributed by atoms with E-state index in [9.17, 15) is 61.5 Å². The van der Waals surface area contributed by atoms with E-state index in [-0.39, 0.29) is 0 Å².